The van der Waals surface area contributed by atoms with Gasteiger partial charge in [-0.2, -0.15) is 0 Å². The molecule has 286 valence electrons. The highest BCUT2D eigenvalue weighted by Crippen LogP contribution is 2.42. The summed E-state index contributed by atoms with van der Waals surface area (Å²) in [5.41, 5.74) is 16.1. The second-order valence-corrected chi connectivity index (χ2v) is 15.7. The summed E-state index contributed by atoms with van der Waals surface area (Å²) in [5, 5.41) is 6.86. The number of benzene rings is 10. The molecule has 0 N–H and O–H groups in total. The van der Waals surface area contributed by atoms with Crippen molar-refractivity contribution < 1.29 is 8.83 Å². The Labute approximate surface area is 353 Å². The van der Waals surface area contributed by atoms with Gasteiger partial charge in [-0.05, 0) is 135 Å². The molecule has 2 heterocycles. The van der Waals surface area contributed by atoms with Crippen LogP contribution in [-0.4, -0.2) is 0 Å². The summed E-state index contributed by atoms with van der Waals surface area (Å²) in [7, 11) is 0. The molecule has 2 aromatic heterocycles. The van der Waals surface area contributed by atoms with Crippen molar-refractivity contribution in [2.45, 2.75) is 0 Å². The molecule has 3 nitrogen and oxygen atoms in total. The van der Waals surface area contributed by atoms with Gasteiger partial charge in [0.2, 0.25) is 0 Å². The highest BCUT2D eigenvalue weighted by atomic mass is 16.3. The van der Waals surface area contributed by atoms with E-state index in [9.17, 15) is 0 Å². The first-order chi connectivity index (χ1) is 30.2. The Morgan fingerprint density at radius 2 is 0.656 bits per heavy atom. The van der Waals surface area contributed by atoms with Crippen molar-refractivity contribution in [1.29, 1.82) is 0 Å². The van der Waals surface area contributed by atoms with Gasteiger partial charge in [0.1, 0.15) is 22.3 Å². The van der Waals surface area contributed by atoms with E-state index in [0.717, 1.165) is 94.3 Å². The van der Waals surface area contributed by atoms with Crippen LogP contribution in [0.3, 0.4) is 0 Å². The standard InChI is InChI=1S/C58H37NO2/c1-2-11-38(12-3-1)39-21-27-47(28-22-39)59(54-18-10-14-41-13-4-5-15-49(41)54)48-29-23-40(24-30-48)44-33-45(42-25-31-57-52(36-42)50-16-6-8-19-55(50)60-57)35-46(34-44)43-26-32-58-53(37-43)51-17-7-9-20-56(51)61-58/h1-37H. The van der Waals surface area contributed by atoms with Gasteiger partial charge < -0.3 is 13.7 Å². The summed E-state index contributed by atoms with van der Waals surface area (Å²) in [5.74, 6) is 0. The van der Waals surface area contributed by atoms with Gasteiger partial charge in [-0.25, -0.2) is 0 Å². The van der Waals surface area contributed by atoms with Crippen LogP contribution in [0.1, 0.15) is 0 Å². The first-order valence-corrected chi connectivity index (χ1v) is 20.7. The maximum Gasteiger partial charge on any atom is 0.135 e. The minimum atomic E-state index is 0.889. The molecule has 0 unspecified atom stereocenters. The lowest BCUT2D eigenvalue weighted by molar-refractivity contribution is 0.668. The molecule has 12 rings (SSSR count). The average molecular weight is 780 g/mol. The third-order valence-corrected chi connectivity index (χ3v) is 12.1. The highest BCUT2D eigenvalue weighted by molar-refractivity contribution is 6.08. The number of rotatable bonds is 7. The van der Waals surface area contributed by atoms with Crippen molar-refractivity contribution in [1.82, 2.24) is 0 Å². The number of hydrogen-bond acceptors (Lipinski definition) is 3. The van der Waals surface area contributed by atoms with Crippen molar-refractivity contribution >= 4 is 71.7 Å². The summed E-state index contributed by atoms with van der Waals surface area (Å²) in [6, 6.07) is 80.2. The molecule has 0 fully saturated rings. The quantitative estimate of drug-likeness (QED) is 0.161. The topological polar surface area (TPSA) is 29.5 Å². The van der Waals surface area contributed by atoms with Crippen molar-refractivity contribution in [3.63, 3.8) is 0 Å². The minimum Gasteiger partial charge on any atom is -0.456 e. The fraction of sp³-hybridized carbons (Fsp3) is 0. The zero-order valence-electron chi connectivity index (χ0n) is 33.1. The molecule has 0 amide bonds. The van der Waals surface area contributed by atoms with E-state index < -0.39 is 0 Å². The van der Waals surface area contributed by atoms with E-state index in [1.807, 2.05) is 24.3 Å². The van der Waals surface area contributed by atoms with Crippen molar-refractivity contribution in [2.75, 3.05) is 4.90 Å². The molecule has 10 aromatic carbocycles. The predicted molar refractivity (Wildman–Crippen MR) is 255 cm³/mol. The van der Waals surface area contributed by atoms with Crippen LogP contribution in [0, 0.1) is 0 Å². The van der Waals surface area contributed by atoms with Gasteiger partial charge in [-0.15, -0.1) is 0 Å². The van der Waals surface area contributed by atoms with Crippen LogP contribution >= 0.6 is 0 Å². The number of nitrogens with zero attached hydrogens (tertiary/aromatic N) is 1. The molecule has 0 saturated carbocycles. The number of anilines is 3. The lowest BCUT2D eigenvalue weighted by Gasteiger charge is -2.27. The molecule has 0 spiro atoms. The summed E-state index contributed by atoms with van der Waals surface area (Å²) >= 11 is 0. The van der Waals surface area contributed by atoms with E-state index in [4.69, 9.17) is 8.83 Å². The summed E-state index contributed by atoms with van der Waals surface area (Å²) in [6.45, 7) is 0. The third kappa shape index (κ3) is 6.14. The molecule has 0 radical (unpaired) electrons. The molecule has 0 aliphatic heterocycles. The summed E-state index contributed by atoms with van der Waals surface area (Å²) in [6.07, 6.45) is 0. The van der Waals surface area contributed by atoms with E-state index in [1.54, 1.807) is 0 Å². The Morgan fingerprint density at radius 3 is 1.23 bits per heavy atom. The smallest absolute Gasteiger partial charge is 0.135 e. The Balaban J connectivity index is 0.997. The van der Waals surface area contributed by atoms with Gasteiger partial charge in [0.15, 0.2) is 0 Å². The monoisotopic (exact) mass is 779 g/mol. The summed E-state index contributed by atoms with van der Waals surface area (Å²) in [4.78, 5) is 2.37. The molecule has 0 aliphatic rings. The van der Waals surface area contributed by atoms with Gasteiger partial charge in [0.05, 0.1) is 5.69 Å². The molecule has 12 aromatic rings. The summed E-state index contributed by atoms with van der Waals surface area (Å²) < 4.78 is 12.5. The van der Waals surface area contributed by atoms with E-state index in [-0.39, 0.29) is 0 Å². The Morgan fingerprint density at radius 1 is 0.246 bits per heavy atom. The van der Waals surface area contributed by atoms with Gasteiger partial charge in [0.25, 0.3) is 0 Å². The first kappa shape index (κ1) is 34.9. The average Bonchev–Trinajstić information content (AvgIpc) is 3.90. The number of fused-ring (bicyclic) bond motifs is 7. The van der Waals surface area contributed by atoms with Crippen molar-refractivity contribution in [3.05, 3.63) is 224 Å². The maximum absolute atomic E-state index is 6.23. The fourth-order valence-electron chi connectivity index (χ4n) is 9.01. The predicted octanol–water partition coefficient (Wildman–Crippen LogP) is 16.8. The number of hydrogen-bond donors (Lipinski definition) is 0. The number of furan rings is 2. The molecule has 0 bridgehead atoms. The van der Waals surface area contributed by atoms with Crippen molar-refractivity contribution in [2.24, 2.45) is 0 Å². The molecule has 0 aliphatic carbocycles. The molecule has 0 saturated heterocycles. The zero-order valence-corrected chi connectivity index (χ0v) is 33.1. The van der Waals surface area contributed by atoms with Crippen LogP contribution in [-0.2, 0) is 0 Å². The minimum absolute atomic E-state index is 0.889. The van der Waals surface area contributed by atoms with Crippen LogP contribution in [0.4, 0.5) is 17.1 Å². The van der Waals surface area contributed by atoms with Gasteiger partial charge in [0, 0.05) is 38.3 Å². The third-order valence-electron chi connectivity index (χ3n) is 12.1. The second-order valence-electron chi connectivity index (χ2n) is 15.7. The molecular weight excluding hydrogens is 743 g/mol. The Hall–Kier alpha value is -8.14. The van der Waals surface area contributed by atoms with Crippen LogP contribution in [0.5, 0.6) is 0 Å². The van der Waals surface area contributed by atoms with E-state index >= 15 is 0 Å². The maximum atomic E-state index is 6.23. The van der Waals surface area contributed by atoms with Crippen LogP contribution in [0.15, 0.2) is 233 Å². The molecule has 0 atom stereocenters. The van der Waals surface area contributed by atoms with E-state index in [1.165, 1.54) is 21.9 Å². The first-order valence-electron chi connectivity index (χ1n) is 20.7. The van der Waals surface area contributed by atoms with Gasteiger partial charge in [-0.3, -0.25) is 0 Å². The SMILES string of the molecule is c1ccc(-c2ccc(N(c3ccc(-c4cc(-c5ccc6oc7ccccc7c6c5)cc(-c5ccc6oc7ccccc7c6c5)c4)cc3)c3cccc4ccccc34)cc2)cc1. The lowest BCUT2D eigenvalue weighted by atomic mass is 9.92. The van der Waals surface area contributed by atoms with Gasteiger partial charge >= 0.3 is 0 Å². The Bertz CT molecular complexity index is 3440. The van der Waals surface area contributed by atoms with E-state index in [2.05, 4.69) is 205 Å². The van der Waals surface area contributed by atoms with Crippen molar-refractivity contribution in [3.8, 4) is 44.5 Å². The molecular formula is C58H37NO2. The largest absolute Gasteiger partial charge is 0.456 e. The highest BCUT2D eigenvalue weighted by Gasteiger charge is 2.18. The Kier molecular flexibility index (Phi) is 8.17. The lowest BCUT2D eigenvalue weighted by Crippen LogP contribution is -2.10. The van der Waals surface area contributed by atoms with Crippen LogP contribution in [0.2, 0.25) is 0 Å². The fourth-order valence-corrected chi connectivity index (χ4v) is 9.01. The number of para-hydroxylation sites is 2. The molecule has 3 heteroatoms. The normalized spacial score (nSPS) is 11.6. The second kappa shape index (κ2) is 14.3. The zero-order chi connectivity index (χ0) is 40.3. The van der Waals surface area contributed by atoms with E-state index in [0.29, 0.717) is 0 Å². The van der Waals surface area contributed by atoms with Gasteiger partial charge in [-0.1, -0.05) is 140 Å². The van der Waals surface area contributed by atoms with Crippen LogP contribution < -0.4 is 4.90 Å². The molecule has 61 heavy (non-hydrogen) atoms. The van der Waals surface area contributed by atoms with Crippen LogP contribution in [0.25, 0.3) is 99.2 Å².